The Kier molecular flexibility index (Phi) is 7.94. The summed E-state index contributed by atoms with van der Waals surface area (Å²) in [6.45, 7) is 4.68. The van der Waals surface area contributed by atoms with Crippen LogP contribution in [-0.4, -0.2) is 86.8 Å². The molecule has 3 aromatic rings. The lowest BCUT2D eigenvalue weighted by Crippen LogP contribution is -2.53. The maximum atomic E-state index is 14.2. The monoisotopic (exact) mass is 540 g/mol. The van der Waals surface area contributed by atoms with Crippen LogP contribution in [0.5, 0.6) is 0 Å². The molecule has 10 nitrogen and oxygen atoms in total. The van der Waals surface area contributed by atoms with Crippen LogP contribution < -0.4 is 15.5 Å². The Bertz CT molecular complexity index is 1340. The topological polar surface area (TPSA) is 120 Å². The quantitative estimate of drug-likeness (QED) is 0.373. The predicted octanol–water partition coefficient (Wildman–Crippen LogP) is 1.82. The van der Waals surface area contributed by atoms with E-state index in [9.17, 15) is 19.0 Å². The number of piperazine rings is 1. The fourth-order valence-corrected chi connectivity index (χ4v) is 5.48. The highest BCUT2D eigenvalue weighted by Gasteiger charge is 2.32. The van der Waals surface area contributed by atoms with E-state index < -0.39 is 11.6 Å². The van der Waals surface area contributed by atoms with Crippen molar-refractivity contribution in [3.63, 3.8) is 0 Å². The molecular weight excluding hydrogens is 506 g/mol. The van der Waals surface area contributed by atoms with Crippen molar-refractivity contribution in [3.05, 3.63) is 65.1 Å². The zero-order valence-corrected chi connectivity index (χ0v) is 22.0. The van der Waals surface area contributed by atoms with Crippen LogP contribution in [0.15, 0.2) is 36.7 Å². The molecule has 1 saturated heterocycles. The molecule has 5 rings (SSSR count). The lowest BCUT2D eigenvalue weighted by molar-refractivity contribution is 0.280. The number of benzene rings is 1. The van der Waals surface area contributed by atoms with Gasteiger partial charge in [-0.3, -0.25) is 0 Å². The predicted molar refractivity (Wildman–Crippen MR) is 145 cm³/mol. The first-order valence-corrected chi connectivity index (χ1v) is 13.2. The molecule has 4 N–H and O–H groups in total. The Balaban J connectivity index is 1.25. The molecule has 2 aliphatic rings. The third-order valence-corrected chi connectivity index (χ3v) is 7.45. The molecule has 39 heavy (non-hydrogen) atoms. The van der Waals surface area contributed by atoms with Crippen LogP contribution in [-0.2, 0) is 12.8 Å². The zero-order chi connectivity index (χ0) is 27.5. The van der Waals surface area contributed by atoms with Gasteiger partial charge in [0.25, 0.3) is 0 Å². The zero-order valence-electron chi connectivity index (χ0n) is 22.0. The first-order valence-electron chi connectivity index (χ1n) is 13.2. The molecule has 0 saturated carbocycles. The van der Waals surface area contributed by atoms with Crippen molar-refractivity contribution in [2.75, 3.05) is 61.5 Å². The van der Waals surface area contributed by atoms with Gasteiger partial charge in [-0.2, -0.15) is 15.1 Å². The summed E-state index contributed by atoms with van der Waals surface area (Å²) in [6.07, 6.45) is 8.12. The van der Waals surface area contributed by atoms with Gasteiger partial charge in [0.15, 0.2) is 5.82 Å². The average molecular weight is 541 g/mol. The summed E-state index contributed by atoms with van der Waals surface area (Å²) < 4.78 is 29.8. The molecule has 12 heteroatoms. The molecule has 0 amide bonds. The Labute approximate surface area is 226 Å². The van der Waals surface area contributed by atoms with Crippen molar-refractivity contribution in [1.82, 2.24) is 24.6 Å². The number of aromatic nitrogens is 4. The minimum atomic E-state index is -0.529. The maximum Gasteiger partial charge on any atom is 0.224 e. The van der Waals surface area contributed by atoms with Gasteiger partial charge in [-0.1, -0.05) is 6.08 Å². The number of nitrogens with zero attached hydrogens (tertiary/aromatic N) is 7. The van der Waals surface area contributed by atoms with E-state index in [4.69, 9.17) is 5.73 Å². The first-order chi connectivity index (χ1) is 18.9. The third-order valence-electron chi connectivity index (χ3n) is 7.45. The van der Waals surface area contributed by atoms with Gasteiger partial charge in [0.2, 0.25) is 5.95 Å². The van der Waals surface area contributed by atoms with Gasteiger partial charge in [-0.15, -0.1) is 0 Å². The molecule has 2 aromatic heterocycles. The largest absolute Gasteiger partial charge is 0.395 e. The van der Waals surface area contributed by atoms with Gasteiger partial charge in [-0.05, 0) is 44.0 Å². The van der Waals surface area contributed by atoms with Crippen molar-refractivity contribution in [1.29, 1.82) is 0 Å². The fraction of sp³-hybridized carbons (Fsp3) is 0.444. The summed E-state index contributed by atoms with van der Waals surface area (Å²) in [5.74, 6) is 0.114. The van der Waals surface area contributed by atoms with Gasteiger partial charge < -0.3 is 30.6 Å². The number of aliphatic hydroxyl groups excluding tert-OH is 2. The second-order valence-electron chi connectivity index (χ2n) is 9.90. The Hall–Kier alpha value is -3.77. The van der Waals surface area contributed by atoms with E-state index in [0.29, 0.717) is 55.4 Å². The molecule has 4 heterocycles. The minimum absolute atomic E-state index is 0.0784. The SMILES string of the molecule is Cc1c(CC=CN2CCN3c4cc(F)cc(F)c4CCC3C2)cnn1-c1cc(N(CCO)CCO)nc(N)n1. The molecule has 0 radical (unpaired) electrons. The van der Waals surface area contributed by atoms with Crippen LogP contribution in [0.3, 0.4) is 0 Å². The van der Waals surface area contributed by atoms with Crippen molar-refractivity contribution < 1.29 is 19.0 Å². The second-order valence-corrected chi connectivity index (χ2v) is 9.90. The number of allylic oxidation sites excluding steroid dienone is 1. The van der Waals surface area contributed by atoms with E-state index in [2.05, 4.69) is 37.1 Å². The van der Waals surface area contributed by atoms with E-state index in [1.165, 1.54) is 6.07 Å². The van der Waals surface area contributed by atoms with Crippen LogP contribution in [0, 0.1) is 18.6 Å². The van der Waals surface area contributed by atoms with Crippen LogP contribution in [0.25, 0.3) is 5.82 Å². The number of aliphatic hydroxyl groups is 2. The van der Waals surface area contributed by atoms with Crippen LogP contribution >= 0.6 is 0 Å². The Morgan fingerprint density at radius 3 is 2.69 bits per heavy atom. The number of nitrogen functional groups attached to an aromatic ring is 1. The summed E-state index contributed by atoms with van der Waals surface area (Å²) in [4.78, 5) is 14.7. The number of rotatable bonds is 9. The van der Waals surface area contributed by atoms with E-state index in [-0.39, 0.29) is 25.2 Å². The summed E-state index contributed by atoms with van der Waals surface area (Å²) in [6, 6.07) is 4.39. The second kappa shape index (κ2) is 11.5. The van der Waals surface area contributed by atoms with E-state index in [1.54, 1.807) is 21.8 Å². The molecule has 0 bridgehead atoms. The van der Waals surface area contributed by atoms with Gasteiger partial charge in [0, 0.05) is 67.8 Å². The number of hydrogen-bond acceptors (Lipinski definition) is 9. The highest BCUT2D eigenvalue weighted by molar-refractivity contribution is 5.58. The van der Waals surface area contributed by atoms with E-state index in [1.807, 2.05) is 6.92 Å². The van der Waals surface area contributed by atoms with E-state index in [0.717, 1.165) is 36.8 Å². The molecule has 1 unspecified atom stereocenters. The number of halogens is 2. The Morgan fingerprint density at radius 2 is 1.92 bits per heavy atom. The first kappa shape index (κ1) is 26.8. The maximum absolute atomic E-state index is 14.2. The van der Waals surface area contributed by atoms with Crippen LogP contribution in [0.4, 0.5) is 26.2 Å². The number of nitrogens with two attached hydrogens (primary N) is 1. The number of hydrogen-bond donors (Lipinski definition) is 3. The molecular formula is C27H34F2N8O2. The fourth-order valence-electron chi connectivity index (χ4n) is 5.48. The van der Waals surface area contributed by atoms with Crippen molar-refractivity contribution >= 4 is 17.5 Å². The van der Waals surface area contributed by atoms with Gasteiger partial charge in [0.05, 0.1) is 19.4 Å². The minimum Gasteiger partial charge on any atom is -0.395 e. The molecule has 1 fully saturated rings. The van der Waals surface area contributed by atoms with Gasteiger partial charge >= 0.3 is 0 Å². The van der Waals surface area contributed by atoms with Crippen molar-refractivity contribution in [2.24, 2.45) is 0 Å². The smallest absolute Gasteiger partial charge is 0.224 e. The standard InChI is InChI=1S/C27H34F2N8O2/c1-18-19(16-31-37(18)26-15-25(32-27(30)33-26)35(9-11-38)10-12-39)3-2-6-34-7-8-36-21(17-34)4-5-22-23(29)13-20(28)14-24(22)36/h2,6,13-16,21,38-39H,3-5,7-12,17H2,1H3,(H2,30,32,33). The highest BCUT2D eigenvalue weighted by atomic mass is 19.1. The van der Waals surface area contributed by atoms with E-state index >= 15 is 0 Å². The third kappa shape index (κ3) is 5.66. The Morgan fingerprint density at radius 1 is 1.13 bits per heavy atom. The molecule has 0 spiro atoms. The summed E-state index contributed by atoms with van der Waals surface area (Å²) >= 11 is 0. The van der Waals surface area contributed by atoms with Crippen molar-refractivity contribution in [2.45, 2.75) is 32.2 Å². The lowest BCUT2D eigenvalue weighted by Gasteiger charge is -2.46. The summed E-state index contributed by atoms with van der Waals surface area (Å²) in [7, 11) is 0. The van der Waals surface area contributed by atoms with Crippen LogP contribution in [0.1, 0.15) is 23.2 Å². The number of anilines is 3. The highest BCUT2D eigenvalue weighted by Crippen LogP contribution is 2.35. The van der Waals surface area contributed by atoms with Gasteiger partial charge in [0.1, 0.15) is 17.5 Å². The lowest BCUT2D eigenvalue weighted by atomic mass is 9.93. The normalized spacial score (nSPS) is 17.0. The molecule has 1 aromatic carbocycles. The average Bonchev–Trinajstić information content (AvgIpc) is 3.28. The van der Waals surface area contributed by atoms with Gasteiger partial charge in [-0.25, -0.2) is 13.5 Å². The molecule has 2 aliphatic heterocycles. The molecule has 208 valence electrons. The van der Waals surface area contributed by atoms with Crippen molar-refractivity contribution in [3.8, 4) is 5.82 Å². The molecule has 1 atom stereocenters. The summed E-state index contributed by atoms with van der Waals surface area (Å²) in [5, 5.41) is 23.2. The van der Waals surface area contributed by atoms with Crippen LogP contribution in [0.2, 0.25) is 0 Å². The number of fused-ring (bicyclic) bond motifs is 3. The molecule has 0 aliphatic carbocycles. The summed E-state index contributed by atoms with van der Waals surface area (Å²) in [5.41, 5.74) is 9.22.